The molecule has 2 N–H and O–H groups in total. The molecule has 1 aliphatic heterocycles. The molecule has 0 aromatic heterocycles. The van der Waals surface area contributed by atoms with Gasteiger partial charge in [-0.15, -0.1) is 0 Å². The third-order valence-corrected chi connectivity index (χ3v) is 5.26. The van der Waals surface area contributed by atoms with E-state index in [0.717, 1.165) is 5.56 Å². The zero-order chi connectivity index (χ0) is 19.5. The summed E-state index contributed by atoms with van der Waals surface area (Å²) in [5.74, 6) is -1.59. The van der Waals surface area contributed by atoms with E-state index in [0.29, 0.717) is 30.7 Å². The molecular formula is C20H28ClNO4. The molecule has 1 amide bonds. The smallest absolute Gasteiger partial charge is 0.304 e. The number of nitrogens with zero attached hydrogens (tertiary/aromatic N) is 1. The van der Waals surface area contributed by atoms with Gasteiger partial charge in [0.05, 0.1) is 18.1 Å². The summed E-state index contributed by atoms with van der Waals surface area (Å²) < 4.78 is 0. The molecule has 5 nitrogen and oxygen atoms in total. The second-order valence-electron chi connectivity index (χ2n) is 7.76. The third-order valence-electron chi connectivity index (χ3n) is 5.00. The Labute approximate surface area is 160 Å². The summed E-state index contributed by atoms with van der Waals surface area (Å²) in [4.78, 5) is 26.1. The number of aliphatic hydroxyl groups is 1. The standard InChI is InChI=1S/C20H28ClNO4/c1-4-16(12-20(2,3)26)22-17(13-5-8-15(21)9-6-13)10-7-14(19(22)25)11-18(23)24/h5-6,8-9,14,16-17,26H,4,7,10-12H2,1-3H3,(H,23,24). The summed E-state index contributed by atoms with van der Waals surface area (Å²) in [6.07, 6.45) is 2.24. The zero-order valence-electron chi connectivity index (χ0n) is 15.6. The molecule has 1 heterocycles. The fraction of sp³-hybridized carbons (Fsp3) is 0.600. The molecular weight excluding hydrogens is 354 g/mol. The van der Waals surface area contributed by atoms with Crippen LogP contribution in [0.4, 0.5) is 0 Å². The highest BCUT2D eigenvalue weighted by atomic mass is 35.5. The number of carbonyl (C=O) groups is 2. The number of aliphatic carboxylic acids is 1. The van der Waals surface area contributed by atoms with Crippen LogP contribution in [0.15, 0.2) is 24.3 Å². The molecule has 1 saturated heterocycles. The molecule has 1 aromatic rings. The number of amides is 1. The summed E-state index contributed by atoms with van der Waals surface area (Å²) >= 11 is 5.99. The van der Waals surface area contributed by atoms with Gasteiger partial charge in [-0.2, -0.15) is 0 Å². The molecule has 0 saturated carbocycles. The molecule has 1 fully saturated rings. The van der Waals surface area contributed by atoms with Gasteiger partial charge >= 0.3 is 5.97 Å². The highest BCUT2D eigenvalue weighted by Gasteiger charge is 2.41. The topological polar surface area (TPSA) is 77.8 Å². The number of carboxylic acid groups (broad SMARTS) is 1. The van der Waals surface area contributed by atoms with Crippen LogP contribution in [0.2, 0.25) is 5.02 Å². The lowest BCUT2D eigenvalue weighted by Crippen LogP contribution is -2.51. The lowest BCUT2D eigenvalue weighted by atomic mass is 9.83. The number of piperidine rings is 1. The highest BCUT2D eigenvalue weighted by molar-refractivity contribution is 6.30. The first kappa shape index (κ1) is 20.7. The van der Waals surface area contributed by atoms with E-state index in [1.165, 1.54) is 0 Å². The van der Waals surface area contributed by atoms with E-state index in [4.69, 9.17) is 16.7 Å². The monoisotopic (exact) mass is 381 g/mol. The van der Waals surface area contributed by atoms with Crippen molar-refractivity contribution in [1.29, 1.82) is 0 Å². The van der Waals surface area contributed by atoms with Crippen LogP contribution in [0, 0.1) is 5.92 Å². The largest absolute Gasteiger partial charge is 0.481 e. The van der Waals surface area contributed by atoms with Crippen LogP contribution in [0.25, 0.3) is 0 Å². The molecule has 1 aromatic carbocycles. The number of carbonyl (C=O) groups excluding carboxylic acids is 1. The number of hydrogen-bond donors (Lipinski definition) is 2. The van der Waals surface area contributed by atoms with Crippen LogP contribution in [-0.4, -0.2) is 38.6 Å². The van der Waals surface area contributed by atoms with Crippen molar-refractivity contribution in [3.8, 4) is 0 Å². The summed E-state index contributed by atoms with van der Waals surface area (Å²) in [6.45, 7) is 5.45. The second kappa shape index (κ2) is 8.40. The van der Waals surface area contributed by atoms with Crippen LogP contribution in [0.3, 0.4) is 0 Å². The third kappa shape index (κ3) is 5.21. The SMILES string of the molecule is CCC(CC(C)(C)O)N1C(=O)C(CC(=O)O)CCC1c1ccc(Cl)cc1. The van der Waals surface area contributed by atoms with Crippen molar-refractivity contribution in [1.82, 2.24) is 4.90 Å². The van der Waals surface area contributed by atoms with E-state index in [2.05, 4.69) is 0 Å². The van der Waals surface area contributed by atoms with Gasteiger partial charge in [0.25, 0.3) is 0 Å². The number of likely N-dealkylation sites (tertiary alicyclic amines) is 1. The van der Waals surface area contributed by atoms with Gasteiger partial charge < -0.3 is 15.1 Å². The molecule has 1 aliphatic rings. The van der Waals surface area contributed by atoms with Crippen LogP contribution in [0.5, 0.6) is 0 Å². The van der Waals surface area contributed by atoms with Crippen molar-refractivity contribution in [3.63, 3.8) is 0 Å². The highest BCUT2D eigenvalue weighted by Crippen LogP contribution is 2.39. The van der Waals surface area contributed by atoms with E-state index in [1.54, 1.807) is 26.0 Å². The maximum atomic E-state index is 13.2. The quantitative estimate of drug-likeness (QED) is 0.747. The summed E-state index contributed by atoms with van der Waals surface area (Å²) in [5, 5.41) is 20.1. The van der Waals surface area contributed by atoms with Gasteiger partial charge in [-0.3, -0.25) is 9.59 Å². The second-order valence-corrected chi connectivity index (χ2v) is 8.20. The number of halogens is 1. The Balaban J connectivity index is 2.37. The minimum atomic E-state index is -0.955. The molecule has 0 spiro atoms. The molecule has 0 radical (unpaired) electrons. The Kier molecular flexibility index (Phi) is 6.69. The van der Waals surface area contributed by atoms with E-state index in [9.17, 15) is 14.7 Å². The molecule has 0 bridgehead atoms. The van der Waals surface area contributed by atoms with Crippen LogP contribution in [-0.2, 0) is 9.59 Å². The molecule has 0 aliphatic carbocycles. The maximum Gasteiger partial charge on any atom is 0.304 e. The lowest BCUT2D eigenvalue weighted by Gasteiger charge is -2.45. The minimum absolute atomic E-state index is 0.128. The Hall–Kier alpha value is -1.59. The van der Waals surface area contributed by atoms with Crippen molar-refractivity contribution >= 4 is 23.5 Å². The molecule has 3 unspecified atom stereocenters. The van der Waals surface area contributed by atoms with Crippen LogP contribution >= 0.6 is 11.6 Å². The van der Waals surface area contributed by atoms with Gasteiger partial charge in [0, 0.05) is 17.0 Å². The van der Waals surface area contributed by atoms with Crippen molar-refractivity contribution in [2.45, 2.75) is 70.6 Å². The van der Waals surface area contributed by atoms with E-state index in [-0.39, 0.29) is 24.4 Å². The Bertz CT molecular complexity index is 638. The van der Waals surface area contributed by atoms with Crippen molar-refractivity contribution in [2.75, 3.05) is 0 Å². The lowest BCUT2D eigenvalue weighted by molar-refractivity contribution is -0.152. The molecule has 3 atom stereocenters. The molecule has 6 heteroatoms. The predicted octanol–water partition coefficient (Wildman–Crippen LogP) is 4.03. The van der Waals surface area contributed by atoms with Crippen molar-refractivity contribution in [2.24, 2.45) is 5.92 Å². The van der Waals surface area contributed by atoms with Crippen molar-refractivity contribution in [3.05, 3.63) is 34.9 Å². The summed E-state index contributed by atoms with van der Waals surface area (Å²) in [5.41, 5.74) is 0.0799. The number of rotatable bonds is 7. The fourth-order valence-corrected chi connectivity index (χ4v) is 3.97. The fourth-order valence-electron chi connectivity index (χ4n) is 3.85. The van der Waals surface area contributed by atoms with Crippen LogP contribution in [0.1, 0.15) is 64.5 Å². The van der Waals surface area contributed by atoms with E-state index in [1.807, 2.05) is 24.0 Å². The Morgan fingerprint density at radius 3 is 2.42 bits per heavy atom. The summed E-state index contributed by atoms with van der Waals surface area (Å²) in [7, 11) is 0. The Morgan fingerprint density at radius 2 is 1.92 bits per heavy atom. The first-order valence-corrected chi connectivity index (χ1v) is 9.52. The van der Waals surface area contributed by atoms with E-state index >= 15 is 0 Å². The predicted molar refractivity (Wildman–Crippen MR) is 101 cm³/mol. The van der Waals surface area contributed by atoms with Gasteiger partial charge in [0.2, 0.25) is 5.91 Å². The summed E-state index contributed by atoms with van der Waals surface area (Å²) in [6, 6.07) is 7.17. The average Bonchev–Trinajstić information content (AvgIpc) is 2.54. The average molecular weight is 382 g/mol. The minimum Gasteiger partial charge on any atom is -0.481 e. The first-order valence-electron chi connectivity index (χ1n) is 9.14. The number of carboxylic acids is 1. The zero-order valence-corrected chi connectivity index (χ0v) is 16.4. The van der Waals surface area contributed by atoms with Gasteiger partial charge in [-0.05, 0) is 57.2 Å². The first-order chi connectivity index (χ1) is 12.1. The van der Waals surface area contributed by atoms with Gasteiger partial charge in [0.1, 0.15) is 0 Å². The number of hydrogen-bond acceptors (Lipinski definition) is 3. The maximum absolute atomic E-state index is 13.2. The van der Waals surface area contributed by atoms with Gasteiger partial charge in [-0.25, -0.2) is 0 Å². The molecule has 2 rings (SSSR count). The van der Waals surface area contributed by atoms with Gasteiger partial charge in [0.15, 0.2) is 0 Å². The van der Waals surface area contributed by atoms with Crippen LogP contribution < -0.4 is 0 Å². The Morgan fingerprint density at radius 1 is 1.31 bits per heavy atom. The number of benzene rings is 1. The molecule has 26 heavy (non-hydrogen) atoms. The van der Waals surface area contributed by atoms with Crippen molar-refractivity contribution < 1.29 is 19.8 Å². The van der Waals surface area contributed by atoms with E-state index < -0.39 is 17.5 Å². The van der Waals surface area contributed by atoms with Gasteiger partial charge in [-0.1, -0.05) is 30.7 Å². The normalized spacial score (nSPS) is 22.3. The molecule has 144 valence electrons.